The molecular weight excluding hydrogens is 184 g/mol. The van der Waals surface area contributed by atoms with Gasteiger partial charge in [-0.25, -0.2) is 0 Å². The molecule has 2 heterocycles. The molecule has 0 fully saturated rings. The number of aromatic nitrogens is 2. The molecule has 74 valence electrons. The summed E-state index contributed by atoms with van der Waals surface area (Å²) in [5.74, 6) is 0. The highest BCUT2D eigenvalue weighted by Crippen LogP contribution is 2.28. The number of nitrogens with zero attached hydrogens (tertiary/aromatic N) is 2. The Hall–Kier alpha value is -1.83. The molecule has 0 saturated carbocycles. The van der Waals surface area contributed by atoms with Crippen LogP contribution in [0.2, 0.25) is 0 Å². The Morgan fingerprint density at radius 2 is 2.13 bits per heavy atom. The molecule has 0 atom stereocenters. The molecule has 0 bridgehead atoms. The molecule has 0 amide bonds. The second kappa shape index (κ2) is 3.09. The average molecular weight is 196 g/mol. The second-order valence-electron chi connectivity index (χ2n) is 3.79. The Balaban J connectivity index is 2.48. The zero-order valence-electron chi connectivity index (χ0n) is 8.64. The summed E-state index contributed by atoms with van der Waals surface area (Å²) in [4.78, 5) is 4.19. The Labute approximate surface area is 88.6 Å². The van der Waals surface area contributed by atoms with Crippen molar-refractivity contribution in [3.05, 3.63) is 41.9 Å². The fraction of sp³-hybridized carbons (Fsp3) is 0.154. The van der Waals surface area contributed by atoms with Gasteiger partial charge in [-0.3, -0.25) is 4.98 Å². The monoisotopic (exact) mass is 196 g/mol. The smallest absolute Gasteiger partial charge is 0.0519 e. The van der Waals surface area contributed by atoms with Crippen molar-refractivity contribution in [3.63, 3.8) is 0 Å². The molecule has 1 aliphatic rings. The van der Waals surface area contributed by atoms with Crippen molar-refractivity contribution >= 4 is 23.1 Å². The summed E-state index contributed by atoms with van der Waals surface area (Å²) < 4.78 is 2.22. The van der Waals surface area contributed by atoms with E-state index in [2.05, 4.69) is 47.0 Å². The van der Waals surface area contributed by atoms with E-state index in [0.29, 0.717) is 0 Å². The molecular formula is C13H12N2. The van der Waals surface area contributed by atoms with Crippen LogP contribution in [-0.4, -0.2) is 9.55 Å². The van der Waals surface area contributed by atoms with E-state index < -0.39 is 0 Å². The van der Waals surface area contributed by atoms with E-state index in [1.54, 1.807) is 0 Å². The van der Waals surface area contributed by atoms with Crippen LogP contribution in [0, 0.1) is 0 Å². The van der Waals surface area contributed by atoms with Gasteiger partial charge >= 0.3 is 0 Å². The van der Waals surface area contributed by atoms with Crippen LogP contribution < -0.4 is 0 Å². The summed E-state index contributed by atoms with van der Waals surface area (Å²) in [5, 5.41) is 1.23. The molecule has 0 aliphatic heterocycles. The lowest BCUT2D eigenvalue weighted by atomic mass is 10.1. The average Bonchev–Trinajstić information content (AvgIpc) is 2.48. The SMILES string of the molecule is Cn1c2c(c3cnccc31)C=CCC=C2. The van der Waals surface area contributed by atoms with Crippen LogP contribution in [0.3, 0.4) is 0 Å². The molecule has 2 heteroatoms. The number of fused-ring (bicyclic) bond motifs is 3. The van der Waals surface area contributed by atoms with Crippen molar-refractivity contribution in [1.29, 1.82) is 0 Å². The van der Waals surface area contributed by atoms with Gasteiger partial charge < -0.3 is 4.57 Å². The van der Waals surface area contributed by atoms with Crippen LogP contribution in [0.25, 0.3) is 23.1 Å². The third-order valence-electron chi connectivity index (χ3n) is 2.92. The van der Waals surface area contributed by atoms with Gasteiger partial charge in [-0.2, -0.15) is 0 Å². The lowest BCUT2D eigenvalue weighted by Crippen LogP contribution is -1.90. The van der Waals surface area contributed by atoms with Gasteiger partial charge in [0.2, 0.25) is 0 Å². The minimum absolute atomic E-state index is 1.01. The van der Waals surface area contributed by atoms with Crippen LogP contribution in [0.1, 0.15) is 17.7 Å². The molecule has 0 aromatic carbocycles. The number of hydrogen-bond donors (Lipinski definition) is 0. The molecule has 0 radical (unpaired) electrons. The largest absolute Gasteiger partial charge is 0.344 e. The number of allylic oxidation sites excluding steroid dienone is 2. The Morgan fingerprint density at radius 1 is 1.27 bits per heavy atom. The second-order valence-corrected chi connectivity index (χ2v) is 3.79. The quantitative estimate of drug-likeness (QED) is 0.633. The molecule has 0 unspecified atom stereocenters. The van der Waals surface area contributed by atoms with Crippen LogP contribution in [0.5, 0.6) is 0 Å². The summed E-state index contributed by atoms with van der Waals surface area (Å²) in [7, 11) is 2.10. The highest BCUT2D eigenvalue weighted by atomic mass is 14.9. The topological polar surface area (TPSA) is 17.8 Å². The molecule has 0 saturated heterocycles. The number of pyridine rings is 1. The summed E-state index contributed by atoms with van der Waals surface area (Å²) in [5.41, 5.74) is 3.80. The maximum Gasteiger partial charge on any atom is 0.0519 e. The first-order valence-corrected chi connectivity index (χ1v) is 5.13. The number of hydrogen-bond acceptors (Lipinski definition) is 1. The van der Waals surface area contributed by atoms with Gasteiger partial charge in [0.1, 0.15) is 0 Å². The lowest BCUT2D eigenvalue weighted by Gasteiger charge is -1.98. The van der Waals surface area contributed by atoms with Crippen LogP contribution >= 0.6 is 0 Å². The van der Waals surface area contributed by atoms with Crippen LogP contribution in [0.15, 0.2) is 30.6 Å². The minimum Gasteiger partial charge on any atom is -0.344 e. The lowest BCUT2D eigenvalue weighted by molar-refractivity contribution is 0.952. The summed E-state index contributed by atoms with van der Waals surface area (Å²) in [6, 6.07) is 2.06. The van der Waals surface area contributed by atoms with Crippen molar-refractivity contribution < 1.29 is 0 Å². The first-order chi connectivity index (χ1) is 7.38. The minimum atomic E-state index is 1.01. The van der Waals surface area contributed by atoms with E-state index in [1.165, 1.54) is 22.2 Å². The standard InChI is InChI=1S/C13H12N2/c1-15-12-6-4-2-3-5-10(12)11-9-14-8-7-13(11)15/h3-9H,2H2,1H3. The first kappa shape index (κ1) is 8.48. The maximum atomic E-state index is 4.19. The third-order valence-corrected chi connectivity index (χ3v) is 2.92. The molecule has 0 N–H and O–H groups in total. The van der Waals surface area contributed by atoms with Gasteiger partial charge in [0.25, 0.3) is 0 Å². The van der Waals surface area contributed by atoms with Gasteiger partial charge in [0, 0.05) is 36.1 Å². The summed E-state index contributed by atoms with van der Waals surface area (Å²) in [6.45, 7) is 0. The van der Waals surface area contributed by atoms with E-state index >= 15 is 0 Å². The molecule has 3 rings (SSSR count). The normalized spacial score (nSPS) is 14.2. The van der Waals surface area contributed by atoms with E-state index in [1.807, 2.05) is 12.4 Å². The summed E-state index contributed by atoms with van der Waals surface area (Å²) in [6.07, 6.45) is 13.6. The zero-order valence-corrected chi connectivity index (χ0v) is 8.64. The Morgan fingerprint density at radius 3 is 3.07 bits per heavy atom. The summed E-state index contributed by atoms with van der Waals surface area (Å²) >= 11 is 0. The Bertz CT molecular complexity index is 573. The highest BCUT2D eigenvalue weighted by Gasteiger charge is 2.11. The van der Waals surface area contributed by atoms with E-state index in [0.717, 1.165) is 6.42 Å². The van der Waals surface area contributed by atoms with E-state index in [9.17, 15) is 0 Å². The van der Waals surface area contributed by atoms with Gasteiger partial charge in [0.05, 0.1) is 5.52 Å². The van der Waals surface area contributed by atoms with Crippen molar-refractivity contribution in [2.45, 2.75) is 6.42 Å². The van der Waals surface area contributed by atoms with Gasteiger partial charge in [-0.15, -0.1) is 0 Å². The number of rotatable bonds is 0. The predicted molar refractivity (Wildman–Crippen MR) is 63.4 cm³/mol. The van der Waals surface area contributed by atoms with Crippen molar-refractivity contribution in [1.82, 2.24) is 9.55 Å². The van der Waals surface area contributed by atoms with Gasteiger partial charge in [-0.05, 0) is 18.6 Å². The highest BCUT2D eigenvalue weighted by molar-refractivity contribution is 5.93. The maximum absolute atomic E-state index is 4.19. The third kappa shape index (κ3) is 1.14. The first-order valence-electron chi connectivity index (χ1n) is 5.13. The number of aryl methyl sites for hydroxylation is 1. The molecule has 15 heavy (non-hydrogen) atoms. The van der Waals surface area contributed by atoms with E-state index in [-0.39, 0.29) is 0 Å². The van der Waals surface area contributed by atoms with Gasteiger partial charge in [-0.1, -0.05) is 18.2 Å². The van der Waals surface area contributed by atoms with Gasteiger partial charge in [0.15, 0.2) is 0 Å². The Kier molecular flexibility index (Phi) is 1.75. The predicted octanol–water partition coefficient (Wildman–Crippen LogP) is 3.00. The van der Waals surface area contributed by atoms with Crippen molar-refractivity contribution in [3.8, 4) is 0 Å². The van der Waals surface area contributed by atoms with Crippen LogP contribution in [0.4, 0.5) is 0 Å². The fourth-order valence-electron chi connectivity index (χ4n) is 2.16. The molecule has 1 aliphatic carbocycles. The van der Waals surface area contributed by atoms with E-state index in [4.69, 9.17) is 0 Å². The van der Waals surface area contributed by atoms with Crippen molar-refractivity contribution in [2.24, 2.45) is 7.05 Å². The molecule has 2 aromatic rings. The zero-order chi connectivity index (χ0) is 10.3. The van der Waals surface area contributed by atoms with Crippen molar-refractivity contribution in [2.75, 3.05) is 0 Å². The molecule has 2 nitrogen and oxygen atoms in total. The molecule has 2 aromatic heterocycles. The fourth-order valence-corrected chi connectivity index (χ4v) is 2.16. The molecule has 0 spiro atoms. The van der Waals surface area contributed by atoms with Crippen LogP contribution in [-0.2, 0) is 7.05 Å².